The minimum atomic E-state index is -0.401. The summed E-state index contributed by atoms with van der Waals surface area (Å²) in [5.74, 6) is 5.55. The Labute approximate surface area is 189 Å². The van der Waals surface area contributed by atoms with E-state index in [1.807, 2.05) is 12.1 Å². The average molecular weight is 433 g/mol. The van der Waals surface area contributed by atoms with Gasteiger partial charge in [0.15, 0.2) is 5.82 Å². The number of rotatable bonds is 5. The molecule has 0 saturated carbocycles. The van der Waals surface area contributed by atoms with Gasteiger partial charge in [0, 0.05) is 29.7 Å². The average Bonchev–Trinajstić information content (AvgIpc) is 3.28. The van der Waals surface area contributed by atoms with Crippen LogP contribution in [-0.2, 0) is 13.0 Å². The van der Waals surface area contributed by atoms with Crippen molar-refractivity contribution in [3.8, 4) is 23.0 Å². The first-order valence-electron chi connectivity index (χ1n) is 10.8. The third kappa shape index (κ3) is 5.73. The van der Waals surface area contributed by atoms with Crippen molar-refractivity contribution in [3.05, 3.63) is 88.0 Å². The fourth-order valence-electron chi connectivity index (χ4n) is 3.96. The molecule has 158 valence electrons. The number of pyridine rings is 1. The Morgan fingerprint density at radius 1 is 1.03 bits per heavy atom. The Balaban J connectivity index is 1.35. The van der Waals surface area contributed by atoms with E-state index in [1.54, 1.807) is 18.3 Å². The van der Waals surface area contributed by atoms with Crippen molar-refractivity contribution in [3.63, 3.8) is 0 Å². The van der Waals surface area contributed by atoms with Gasteiger partial charge in [0.1, 0.15) is 5.69 Å². The molecule has 0 unspecified atom stereocenters. The van der Waals surface area contributed by atoms with E-state index in [-0.39, 0.29) is 5.69 Å². The van der Waals surface area contributed by atoms with E-state index in [0.29, 0.717) is 17.0 Å². The van der Waals surface area contributed by atoms with Crippen LogP contribution in [0, 0.1) is 24.6 Å². The highest BCUT2D eigenvalue weighted by atomic mass is 35.5. The number of benzene rings is 2. The summed E-state index contributed by atoms with van der Waals surface area (Å²) in [6.45, 7) is 5.65. The SMILES string of the molecule is Cc1cc(CCC#Cc2ncc(-c3ccc(Cl)cc3)cc2F)ccc1CN1CCCC1. The van der Waals surface area contributed by atoms with E-state index in [4.69, 9.17) is 11.6 Å². The summed E-state index contributed by atoms with van der Waals surface area (Å²) in [4.78, 5) is 6.73. The highest BCUT2D eigenvalue weighted by molar-refractivity contribution is 6.30. The zero-order valence-electron chi connectivity index (χ0n) is 17.8. The van der Waals surface area contributed by atoms with Crippen molar-refractivity contribution in [1.82, 2.24) is 9.88 Å². The fourth-order valence-corrected chi connectivity index (χ4v) is 4.08. The predicted octanol–water partition coefficient (Wildman–Crippen LogP) is 6.43. The Hall–Kier alpha value is -2.67. The molecule has 2 nitrogen and oxygen atoms in total. The number of aromatic nitrogens is 1. The van der Waals surface area contributed by atoms with Crippen molar-refractivity contribution in [1.29, 1.82) is 0 Å². The lowest BCUT2D eigenvalue weighted by molar-refractivity contribution is 0.330. The first-order valence-corrected chi connectivity index (χ1v) is 11.2. The van der Waals surface area contributed by atoms with Crippen LogP contribution in [0.25, 0.3) is 11.1 Å². The molecule has 0 aliphatic carbocycles. The molecule has 4 heteroatoms. The molecule has 0 atom stereocenters. The molecule has 4 rings (SSSR count). The molecule has 1 aromatic heterocycles. The molecule has 1 fully saturated rings. The van der Waals surface area contributed by atoms with Crippen molar-refractivity contribution < 1.29 is 4.39 Å². The lowest BCUT2D eigenvalue weighted by Crippen LogP contribution is -2.18. The van der Waals surface area contributed by atoms with Crippen molar-refractivity contribution in [2.24, 2.45) is 0 Å². The van der Waals surface area contributed by atoms with Crippen molar-refractivity contribution in [2.45, 2.75) is 39.2 Å². The minimum Gasteiger partial charge on any atom is -0.299 e. The van der Waals surface area contributed by atoms with Crippen LogP contribution in [0.15, 0.2) is 54.7 Å². The summed E-state index contributed by atoms with van der Waals surface area (Å²) in [5.41, 5.74) is 5.79. The van der Waals surface area contributed by atoms with E-state index < -0.39 is 5.82 Å². The smallest absolute Gasteiger partial charge is 0.158 e. The molecule has 0 spiro atoms. The Morgan fingerprint density at radius 3 is 2.52 bits per heavy atom. The molecule has 2 heterocycles. The lowest BCUT2D eigenvalue weighted by atomic mass is 10.0. The molecule has 0 bridgehead atoms. The minimum absolute atomic E-state index is 0.190. The maximum atomic E-state index is 14.4. The van der Waals surface area contributed by atoms with Gasteiger partial charge < -0.3 is 0 Å². The molecule has 3 aromatic rings. The number of hydrogen-bond acceptors (Lipinski definition) is 2. The zero-order valence-corrected chi connectivity index (χ0v) is 18.6. The fraction of sp³-hybridized carbons (Fsp3) is 0.296. The molecule has 2 aromatic carbocycles. The monoisotopic (exact) mass is 432 g/mol. The first-order chi connectivity index (χ1) is 15.1. The normalized spacial score (nSPS) is 13.8. The Morgan fingerprint density at radius 2 is 1.81 bits per heavy atom. The first kappa shape index (κ1) is 21.6. The van der Waals surface area contributed by atoms with Gasteiger partial charge in [-0.05, 0) is 85.6 Å². The van der Waals surface area contributed by atoms with E-state index in [2.05, 4.69) is 46.8 Å². The van der Waals surface area contributed by atoms with Crippen LogP contribution >= 0.6 is 11.6 Å². The van der Waals surface area contributed by atoms with Crippen LogP contribution in [0.3, 0.4) is 0 Å². The standard InChI is InChI=1S/C27H26ClFN2/c1-20-16-21(8-9-23(20)19-31-14-4-5-15-31)6-2-3-7-27-26(29)17-24(18-30-27)22-10-12-25(28)13-11-22/h8-13,16-18H,2,4-6,14-15,19H2,1H3. The molecular weight excluding hydrogens is 407 g/mol. The van der Waals surface area contributed by atoms with Gasteiger partial charge in [0.2, 0.25) is 0 Å². The third-order valence-corrected chi connectivity index (χ3v) is 6.02. The molecule has 0 radical (unpaired) electrons. The van der Waals surface area contributed by atoms with Gasteiger partial charge in [-0.2, -0.15) is 0 Å². The largest absolute Gasteiger partial charge is 0.299 e. The van der Waals surface area contributed by atoms with Gasteiger partial charge >= 0.3 is 0 Å². The number of halogens is 2. The second-order valence-electron chi connectivity index (χ2n) is 8.11. The van der Waals surface area contributed by atoms with Gasteiger partial charge in [-0.1, -0.05) is 47.9 Å². The van der Waals surface area contributed by atoms with E-state index in [0.717, 1.165) is 18.5 Å². The molecule has 1 aliphatic heterocycles. The zero-order chi connectivity index (χ0) is 21.6. The highest BCUT2D eigenvalue weighted by Crippen LogP contribution is 2.22. The van der Waals surface area contributed by atoms with E-state index in [9.17, 15) is 4.39 Å². The maximum Gasteiger partial charge on any atom is 0.158 e. The Bertz CT molecular complexity index is 1110. The van der Waals surface area contributed by atoms with Crippen molar-refractivity contribution >= 4 is 11.6 Å². The predicted molar refractivity (Wildman–Crippen MR) is 126 cm³/mol. The lowest BCUT2D eigenvalue weighted by Gasteiger charge is -2.16. The second kappa shape index (κ2) is 10.1. The van der Waals surface area contributed by atoms with Crippen LogP contribution < -0.4 is 0 Å². The van der Waals surface area contributed by atoms with E-state index in [1.165, 1.54) is 48.7 Å². The van der Waals surface area contributed by atoms with Gasteiger partial charge in [-0.3, -0.25) is 4.90 Å². The van der Waals surface area contributed by atoms with Crippen LogP contribution in [0.4, 0.5) is 4.39 Å². The quantitative estimate of drug-likeness (QED) is 0.432. The van der Waals surface area contributed by atoms with Gasteiger partial charge in [0.05, 0.1) is 0 Å². The van der Waals surface area contributed by atoms with Gasteiger partial charge in [-0.15, -0.1) is 0 Å². The van der Waals surface area contributed by atoms with Crippen LogP contribution in [0.2, 0.25) is 5.02 Å². The summed E-state index contributed by atoms with van der Waals surface area (Å²) in [7, 11) is 0. The number of hydrogen-bond donors (Lipinski definition) is 0. The summed E-state index contributed by atoms with van der Waals surface area (Å²) in [5, 5.41) is 0.649. The Kier molecular flexibility index (Phi) is 7.02. The molecular formula is C27H26ClFN2. The van der Waals surface area contributed by atoms with Gasteiger partial charge in [-0.25, -0.2) is 9.37 Å². The van der Waals surface area contributed by atoms with Crippen molar-refractivity contribution in [2.75, 3.05) is 13.1 Å². The molecule has 0 N–H and O–H groups in total. The topological polar surface area (TPSA) is 16.1 Å². The highest BCUT2D eigenvalue weighted by Gasteiger charge is 2.12. The van der Waals surface area contributed by atoms with Crippen LogP contribution in [-0.4, -0.2) is 23.0 Å². The molecule has 1 aliphatic rings. The summed E-state index contributed by atoms with van der Waals surface area (Å²) >= 11 is 5.91. The maximum absolute atomic E-state index is 14.4. The molecule has 31 heavy (non-hydrogen) atoms. The number of aryl methyl sites for hydroxylation is 2. The van der Waals surface area contributed by atoms with Crippen LogP contribution in [0.5, 0.6) is 0 Å². The second-order valence-corrected chi connectivity index (χ2v) is 8.54. The number of likely N-dealkylation sites (tertiary alicyclic amines) is 1. The summed E-state index contributed by atoms with van der Waals surface area (Å²) in [6.07, 6.45) is 5.80. The molecule has 1 saturated heterocycles. The number of nitrogens with zero attached hydrogens (tertiary/aromatic N) is 2. The van der Waals surface area contributed by atoms with Gasteiger partial charge in [0.25, 0.3) is 0 Å². The summed E-state index contributed by atoms with van der Waals surface area (Å²) in [6, 6.07) is 15.4. The summed E-state index contributed by atoms with van der Waals surface area (Å²) < 4.78 is 14.4. The third-order valence-electron chi connectivity index (χ3n) is 5.76. The van der Waals surface area contributed by atoms with E-state index >= 15 is 0 Å². The van der Waals surface area contributed by atoms with Crippen LogP contribution in [0.1, 0.15) is 41.6 Å². The molecule has 0 amide bonds.